The van der Waals surface area contributed by atoms with Crippen LogP contribution in [0, 0.1) is 6.92 Å². The summed E-state index contributed by atoms with van der Waals surface area (Å²) < 4.78 is 12.7. The van der Waals surface area contributed by atoms with Crippen molar-refractivity contribution in [2.45, 2.75) is 19.4 Å². The number of nitrogens with one attached hydrogen (secondary N) is 1. The highest BCUT2D eigenvalue weighted by Crippen LogP contribution is 2.30. The number of amides is 1. The van der Waals surface area contributed by atoms with E-state index in [2.05, 4.69) is 25.3 Å². The maximum atomic E-state index is 12.7. The van der Waals surface area contributed by atoms with E-state index in [1.54, 1.807) is 6.20 Å². The minimum atomic E-state index is -0.407. The van der Waals surface area contributed by atoms with Crippen LogP contribution in [0.15, 0.2) is 41.4 Å². The molecule has 3 N–H and O–H groups in total. The molecule has 5 rings (SSSR count). The third kappa shape index (κ3) is 3.16. The Balaban J connectivity index is 1.60. The molecule has 1 amide bonds. The SMILES string of the molecule is Cc1cnc2ccc(-c3nc(C(=O)NCC4CCO4)c(N)nc3-c3ncco3)cn12. The van der Waals surface area contributed by atoms with Gasteiger partial charge >= 0.3 is 0 Å². The normalized spacial score (nSPS) is 15.8. The summed E-state index contributed by atoms with van der Waals surface area (Å²) in [5.41, 5.74) is 9.40. The zero-order valence-electron chi connectivity index (χ0n) is 16.2. The van der Waals surface area contributed by atoms with Crippen molar-refractivity contribution >= 4 is 17.4 Å². The number of fused-ring (bicyclic) bond motifs is 1. The van der Waals surface area contributed by atoms with Crippen LogP contribution in [0.2, 0.25) is 0 Å². The van der Waals surface area contributed by atoms with Crippen molar-refractivity contribution in [2.24, 2.45) is 0 Å². The molecular formula is C20H19N7O3. The zero-order valence-corrected chi connectivity index (χ0v) is 16.2. The first-order valence-corrected chi connectivity index (χ1v) is 9.51. The molecule has 0 aliphatic carbocycles. The Hall–Kier alpha value is -3.79. The molecule has 10 nitrogen and oxygen atoms in total. The van der Waals surface area contributed by atoms with Crippen molar-refractivity contribution in [1.29, 1.82) is 0 Å². The van der Waals surface area contributed by atoms with E-state index in [0.717, 1.165) is 23.3 Å². The number of hydrogen-bond acceptors (Lipinski definition) is 8. The van der Waals surface area contributed by atoms with Gasteiger partial charge < -0.3 is 24.6 Å². The quantitative estimate of drug-likeness (QED) is 0.514. The summed E-state index contributed by atoms with van der Waals surface area (Å²) in [6.45, 7) is 3.07. The molecule has 4 aromatic rings. The summed E-state index contributed by atoms with van der Waals surface area (Å²) >= 11 is 0. The molecule has 152 valence electrons. The Labute approximate surface area is 171 Å². The third-order valence-electron chi connectivity index (χ3n) is 5.02. The van der Waals surface area contributed by atoms with Crippen LogP contribution in [0.25, 0.3) is 28.5 Å². The van der Waals surface area contributed by atoms with Gasteiger partial charge in [-0.2, -0.15) is 0 Å². The summed E-state index contributed by atoms with van der Waals surface area (Å²) in [5, 5.41) is 2.81. The number of hydrogen-bond donors (Lipinski definition) is 2. The maximum absolute atomic E-state index is 12.7. The topological polar surface area (TPSA) is 133 Å². The van der Waals surface area contributed by atoms with Gasteiger partial charge in [-0.05, 0) is 25.5 Å². The molecule has 1 aliphatic heterocycles. The number of aromatic nitrogens is 5. The van der Waals surface area contributed by atoms with E-state index in [9.17, 15) is 4.79 Å². The van der Waals surface area contributed by atoms with Crippen LogP contribution in [0.1, 0.15) is 22.6 Å². The molecule has 1 unspecified atom stereocenters. The smallest absolute Gasteiger partial charge is 0.273 e. The van der Waals surface area contributed by atoms with Crippen molar-refractivity contribution < 1.29 is 13.9 Å². The highest BCUT2D eigenvalue weighted by atomic mass is 16.5. The minimum absolute atomic E-state index is 0.00105. The number of oxazole rings is 1. The Morgan fingerprint density at radius 2 is 2.17 bits per heavy atom. The summed E-state index contributed by atoms with van der Waals surface area (Å²) in [4.78, 5) is 30.2. The van der Waals surface area contributed by atoms with E-state index in [-0.39, 0.29) is 23.5 Å². The molecule has 10 heteroatoms. The van der Waals surface area contributed by atoms with Gasteiger partial charge in [0, 0.05) is 36.8 Å². The number of imidazole rings is 1. The number of aryl methyl sites for hydroxylation is 1. The van der Waals surface area contributed by atoms with Gasteiger partial charge in [0.15, 0.2) is 17.2 Å². The number of carbonyl (C=O) groups excluding carboxylic acids is 1. The van der Waals surface area contributed by atoms with Crippen LogP contribution in [0.4, 0.5) is 5.82 Å². The molecule has 5 heterocycles. The fourth-order valence-corrected chi connectivity index (χ4v) is 3.28. The van der Waals surface area contributed by atoms with Gasteiger partial charge in [0.2, 0.25) is 5.89 Å². The second-order valence-electron chi connectivity index (χ2n) is 7.03. The van der Waals surface area contributed by atoms with Gasteiger partial charge in [-0.25, -0.2) is 19.9 Å². The van der Waals surface area contributed by atoms with E-state index < -0.39 is 5.91 Å². The second kappa shape index (κ2) is 7.23. The lowest BCUT2D eigenvalue weighted by atomic mass is 10.1. The average Bonchev–Trinajstić information content (AvgIpc) is 3.36. The number of pyridine rings is 1. The lowest BCUT2D eigenvalue weighted by molar-refractivity contribution is -0.0473. The van der Waals surface area contributed by atoms with Crippen molar-refractivity contribution in [3.63, 3.8) is 0 Å². The molecule has 0 aromatic carbocycles. The first kappa shape index (κ1) is 18.3. The number of ether oxygens (including phenoxy) is 1. The van der Waals surface area contributed by atoms with E-state index >= 15 is 0 Å². The molecule has 1 atom stereocenters. The summed E-state index contributed by atoms with van der Waals surface area (Å²) in [7, 11) is 0. The van der Waals surface area contributed by atoms with Crippen molar-refractivity contribution in [2.75, 3.05) is 18.9 Å². The molecule has 0 saturated carbocycles. The molecular weight excluding hydrogens is 386 g/mol. The van der Waals surface area contributed by atoms with Gasteiger partial charge in [-0.3, -0.25) is 4.79 Å². The maximum Gasteiger partial charge on any atom is 0.273 e. The number of anilines is 1. The Bertz CT molecular complexity index is 1230. The average molecular weight is 405 g/mol. The fourth-order valence-electron chi connectivity index (χ4n) is 3.28. The highest BCUT2D eigenvalue weighted by molar-refractivity contribution is 5.97. The van der Waals surface area contributed by atoms with Crippen LogP contribution < -0.4 is 11.1 Å². The molecule has 1 fully saturated rings. The first-order valence-electron chi connectivity index (χ1n) is 9.51. The van der Waals surface area contributed by atoms with Crippen LogP contribution in [0.3, 0.4) is 0 Å². The Morgan fingerprint density at radius 3 is 2.90 bits per heavy atom. The summed E-state index contributed by atoms with van der Waals surface area (Å²) in [6, 6.07) is 3.73. The summed E-state index contributed by atoms with van der Waals surface area (Å²) in [6.07, 6.45) is 7.57. The number of carbonyl (C=O) groups is 1. The third-order valence-corrected chi connectivity index (χ3v) is 5.02. The van der Waals surface area contributed by atoms with E-state index in [0.29, 0.717) is 24.5 Å². The van der Waals surface area contributed by atoms with E-state index in [4.69, 9.17) is 14.9 Å². The Morgan fingerprint density at radius 1 is 1.30 bits per heavy atom. The van der Waals surface area contributed by atoms with E-state index in [1.807, 2.05) is 29.7 Å². The second-order valence-corrected chi connectivity index (χ2v) is 7.03. The van der Waals surface area contributed by atoms with Gasteiger partial charge in [0.25, 0.3) is 5.91 Å². The van der Waals surface area contributed by atoms with E-state index in [1.165, 1.54) is 12.5 Å². The van der Waals surface area contributed by atoms with Gasteiger partial charge in [-0.1, -0.05) is 0 Å². The van der Waals surface area contributed by atoms with Crippen molar-refractivity contribution in [3.8, 4) is 22.8 Å². The largest absolute Gasteiger partial charge is 0.443 e. The zero-order chi connectivity index (χ0) is 20.7. The molecule has 1 aliphatic rings. The van der Waals surface area contributed by atoms with Crippen LogP contribution in [-0.2, 0) is 4.74 Å². The molecule has 30 heavy (non-hydrogen) atoms. The van der Waals surface area contributed by atoms with Gasteiger partial charge in [0.05, 0.1) is 12.3 Å². The minimum Gasteiger partial charge on any atom is -0.443 e. The van der Waals surface area contributed by atoms with Crippen LogP contribution in [-0.4, -0.2) is 49.5 Å². The standard InChI is InChI=1S/C20H19N7O3/c1-11-8-23-14-3-2-12(10-27(11)14)15-16(20-22-5-7-30-20)26-18(21)17(25-15)19(28)24-9-13-4-6-29-13/h2-3,5,7-8,10,13H,4,6,9H2,1H3,(H2,21,26)(H,24,28). The van der Waals surface area contributed by atoms with Gasteiger partial charge in [0.1, 0.15) is 17.6 Å². The predicted molar refractivity (Wildman–Crippen MR) is 108 cm³/mol. The predicted octanol–water partition coefficient (Wildman–Crippen LogP) is 1.86. The van der Waals surface area contributed by atoms with Crippen molar-refractivity contribution in [1.82, 2.24) is 29.7 Å². The van der Waals surface area contributed by atoms with Crippen LogP contribution >= 0.6 is 0 Å². The number of rotatable bonds is 5. The number of nitrogen functional groups attached to an aromatic ring is 1. The highest BCUT2D eigenvalue weighted by Gasteiger charge is 2.24. The molecule has 0 bridgehead atoms. The molecule has 4 aromatic heterocycles. The van der Waals surface area contributed by atoms with Crippen LogP contribution in [0.5, 0.6) is 0 Å². The summed E-state index contributed by atoms with van der Waals surface area (Å²) in [5.74, 6) is -0.143. The first-order chi connectivity index (χ1) is 14.6. The van der Waals surface area contributed by atoms with Crippen molar-refractivity contribution in [3.05, 3.63) is 48.4 Å². The number of nitrogens with two attached hydrogens (primary N) is 1. The monoisotopic (exact) mass is 405 g/mol. The lowest BCUT2D eigenvalue weighted by Crippen LogP contribution is -2.40. The molecule has 0 spiro atoms. The lowest BCUT2D eigenvalue weighted by Gasteiger charge is -2.26. The fraction of sp³-hybridized carbons (Fsp3) is 0.250. The molecule has 1 saturated heterocycles. The number of nitrogens with zero attached hydrogens (tertiary/aromatic N) is 5. The Kier molecular flexibility index (Phi) is 4.40. The molecule has 0 radical (unpaired) electrons. The van der Waals surface area contributed by atoms with Gasteiger partial charge in [-0.15, -0.1) is 0 Å².